The predicted molar refractivity (Wildman–Crippen MR) is 81.6 cm³/mol. The van der Waals surface area contributed by atoms with Gasteiger partial charge in [0.15, 0.2) is 0 Å². The summed E-state index contributed by atoms with van der Waals surface area (Å²) in [5.41, 5.74) is 0.486. The van der Waals surface area contributed by atoms with E-state index in [0.717, 1.165) is 6.42 Å². The van der Waals surface area contributed by atoms with E-state index in [4.69, 9.17) is 9.47 Å². The minimum Gasteiger partial charge on any atom is -0.495 e. The predicted octanol–water partition coefficient (Wildman–Crippen LogP) is 0.747. The molecule has 22 heavy (non-hydrogen) atoms. The maximum Gasteiger partial charge on any atom is 0.240 e. The standard InChI is InChI=1S/C14H20N2O5S/c1-20-9-7-15-22(18,19)11-5-6-13(21-2)12(10-11)16-8-3-4-14(16)17/h5-6,10,15H,3-4,7-9H2,1-2H3. The van der Waals surface area contributed by atoms with E-state index >= 15 is 0 Å². The Kier molecular flexibility index (Phi) is 5.38. The smallest absolute Gasteiger partial charge is 0.240 e. The second kappa shape index (κ2) is 7.08. The monoisotopic (exact) mass is 328 g/mol. The Bertz CT molecular complexity index is 645. The zero-order valence-corrected chi connectivity index (χ0v) is 13.5. The number of amides is 1. The molecule has 0 unspecified atom stereocenters. The summed E-state index contributed by atoms with van der Waals surface area (Å²) in [6.45, 7) is 1.03. The van der Waals surface area contributed by atoms with Gasteiger partial charge in [-0.25, -0.2) is 13.1 Å². The van der Waals surface area contributed by atoms with Gasteiger partial charge in [-0.3, -0.25) is 4.79 Å². The van der Waals surface area contributed by atoms with Crippen LogP contribution in [0.5, 0.6) is 5.75 Å². The lowest BCUT2D eigenvalue weighted by Crippen LogP contribution is -2.28. The summed E-state index contributed by atoms with van der Waals surface area (Å²) < 4.78 is 37.0. The fourth-order valence-corrected chi connectivity index (χ4v) is 3.34. The summed E-state index contributed by atoms with van der Waals surface area (Å²) in [7, 11) is -0.661. The Morgan fingerprint density at radius 2 is 2.09 bits per heavy atom. The molecule has 0 radical (unpaired) electrons. The number of rotatable bonds is 7. The Labute approximate surface area is 130 Å². The van der Waals surface area contributed by atoms with E-state index < -0.39 is 10.0 Å². The zero-order chi connectivity index (χ0) is 16.2. The normalized spacial score (nSPS) is 15.4. The van der Waals surface area contributed by atoms with E-state index in [2.05, 4.69) is 4.72 Å². The molecule has 0 spiro atoms. The van der Waals surface area contributed by atoms with Crippen molar-refractivity contribution >= 4 is 21.6 Å². The van der Waals surface area contributed by atoms with Gasteiger partial charge in [-0.05, 0) is 24.6 Å². The van der Waals surface area contributed by atoms with E-state index in [1.54, 1.807) is 11.0 Å². The number of nitrogens with one attached hydrogen (secondary N) is 1. The molecule has 0 aliphatic carbocycles. The minimum absolute atomic E-state index is 0.0276. The second-order valence-electron chi connectivity index (χ2n) is 4.87. The van der Waals surface area contributed by atoms with Gasteiger partial charge in [0.1, 0.15) is 5.75 Å². The molecular weight excluding hydrogens is 308 g/mol. The molecule has 1 aliphatic rings. The largest absolute Gasteiger partial charge is 0.495 e. The summed E-state index contributed by atoms with van der Waals surface area (Å²) in [5.74, 6) is 0.450. The molecule has 0 bridgehead atoms. The first-order valence-corrected chi connectivity index (χ1v) is 8.45. The molecule has 1 amide bonds. The molecule has 122 valence electrons. The number of ether oxygens (including phenoxy) is 2. The van der Waals surface area contributed by atoms with Gasteiger partial charge in [-0.2, -0.15) is 0 Å². The van der Waals surface area contributed by atoms with Crippen molar-refractivity contribution in [2.24, 2.45) is 0 Å². The van der Waals surface area contributed by atoms with E-state index in [-0.39, 0.29) is 24.0 Å². The van der Waals surface area contributed by atoms with Crippen LogP contribution in [-0.4, -0.2) is 48.2 Å². The third-order valence-electron chi connectivity index (χ3n) is 3.42. The van der Waals surface area contributed by atoms with Crippen LogP contribution in [0.3, 0.4) is 0 Å². The highest BCUT2D eigenvalue weighted by molar-refractivity contribution is 7.89. The Morgan fingerprint density at radius 1 is 1.32 bits per heavy atom. The molecule has 2 rings (SSSR count). The van der Waals surface area contributed by atoms with Gasteiger partial charge in [0.25, 0.3) is 0 Å². The fourth-order valence-electron chi connectivity index (χ4n) is 2.31. The average Bonchev–Trinajstić information content (AvgIpc) is 2.92. The van der Waals surface area contributed by atoms with Crippen LogP contribution in [-0.2, 0) is 19.6 Å². The number of hydrogen-bond donors (Lipinski definition) is 1. The summed E-state index contributed by atoms with van der Waals surface area (Å²) in [4.78, 5) is 13.6. The number of anilines is 1. The molecule has 1 aromatic rings. The lowest BCUT2D eigenvalue weighted by atomic mass is 10.2. The number of hydrogen-bond acceptors (Lipinski definition) is 5. The Balaban J connectivity index is 2.32. The van der Waals surface area contributed by atoms with Crippen molar-refractivity contribution < 1.29 is 22.7 Å². The van der Waals surface area contributed by atoms with Crippen molar-refractivity contribution in [1.29, 1.82) is 0 Å². The van der Waals surface area contributed by atoms with Crippen LogP contribution < -0.4 is 14.4 Å². The van der Waals surface area contributed by atoms with Crippen molar-refractivity contribution in [2.75, 3.05) is 38.8 Å². The molecule has 1 aromatic carbocycles. The van der Waals surface area contributed by atoms with Crippen molar-refractivity contribution in [2.45, 2.75) is 17.7 Å². The summed E-state index contributed by atoms with van der Waals surface area (Å²) in [5, 5.41) is 0. The molecule has 1 saturated heterocycles. The molecule has 7 nitrogen and oxygen atoms in total. The van der Waals surface area contributed by atoms with Crippen LogP contribution in [0.25, 0.3) is 0 Å². The summed E-state index contributed by atoms with van der Waals surface area (Å²) >= 11 is 0. The SMILES string of the molecule is COCCNS(=O)(=O)c1ccc(OC)c(N2CCCC2=O)c1. The number of methoxy groups -OCH3 is 2. The summed E-state index contributed by atoms with van der Waals surface area (Å²) in [6, 6.07) is 4.49. The van der Waals surface area contributed by atoms with Crippen LogP contribution in [0.1, 0.15) is 12.8 Å². The molecule has 0 aromatic heterocycles. The first-order valence-electron chi connectivity index (χ1n) is 6.96. The zero-order valence-electron chi connectivity index (χ0n) is 12.7. The maximum atomic E-state index is 12.2. The van der Waals surface area contributed by atoms with E-state index in [1.165, 1.54) is 26.4 Å². The number of benzene rings is 1. The summed E-state index contributed by atoms with van der Waals surface area (Å²) in [6.07, 6.45) is 1.22. The van der Waals surface area contributed by atoms with Crippen LogP contribution in [0.15, 0.2) is 23.1 Å². The van der Waals surface area contributed by atoms with Crippen LogP contribution in [0, 0.1) is 0 Å². The Hall–Kier alpha value is -1.64. The Morgan fingerprint density at radius 3 is 2.68 bits per heavy atom. The van der Waals surface area contributed by atoms with Gasteiger partial charge < -0.3 is 14.4 Å². The van der Waals surface area contributed by atoms with Crippen molar-refractivity contribution in [3.63, 3.8) is 0 Å². The second-order valence-corrected chi connectivity index (χ2v) is 6.64. The highest BCUT2D eigenvalue weighted by Gasteiger charge is 2.26. The fraction of sp³-hybridized carbons (Fsp3) is 0.500. The first kappa shape index (κ1) is 16.7. The molecule has 0 saturated carbocycles. The van der Waals surface area contributed by atoms with Crippen molar-refractivity contribution in [1.82, 2.24) is 4.72 Å². The highest BCUT2D eigenvalue weighted by Crippen LogP contribution is 2.33. The van der Waals surface area contributed by atoms with Gasteiger partial charge >= 0.3 is 0 Å². The van der Waals surface area contributed by atoms with Gasteiger partial charge in [-0.15, -0.1) is 0 Å². The molecular formula is C14H20N2O5S. The van der Waals surface area contributed by atoms with Gasteiger partial charge in [0.05, 0.1) is 24.3 Å². The van der Waals surface area contributed by atoms with Crippen LogP contribution >= 0.6 is 0 Å². The van der Waals surface area contributed by atoms with E-state index in [9.17, 15) is 13.2 Å². The third-order valence-corrected chi connectivity index (χ3v) is 4.88. The molecule has 1 heterocycles. The molecule has 0 atom stereocenters. The van der Waals surface area contributed by atoms with Gasteiger partial charge in [0.2, 0.25) is 15.9 Å². The number of carbonyl (C=O) groups excluding carboxylic acids is 1. The molecule has 1 N–H and O–H groups in total. The first-order chi connectivity index (χ1) is 10.5. The average molecular weight is 328 g/mol. The lowest BCUT2D eigenvalue weighted by Gasteiger charge is -2.20. The van der Waals surface area contributed by atoms with Crippen molar-refractivity contribution in [3.8, 4) is 5.75 Å². The quantitative estimate of drug-likeness (QED) is 0.747. The van der Waals surface area contributed by atoms with E-state index in [0.29, 0.717) is 24.4 Å². The number of carbonyl (C=O) groups is 1. The maximum absolute atomic E-state index is 12.2. The number of nitrogens with zero attached hydrogens (tertiary/aromatic N) is 1. The lowest BCUT2D eigenvalue weighted by molar-refractivity contribution is -0.117. The van der Waals surface area contributed by atoms with Gasteiger partial charge in [0, 0.05) is 26.6 Å². The highest BCUT2D eigenvalue weighted by atomic mass is 32.2. The third kappa shape index (κ3) is 3.57. The molecule has 1 aliphatic heterocycles. The van der Waals surface area contributed by atoms with Crippen molar-refractivity contribution in [3.05, 3.63) is 18.2 Å². The minimum atomic E-state index is -3.65. The molecule has 8 heteroatoms. The van der Waals surface area contributed by atoms with E-state index in [1.807, 2.05) is 0 Å². The van der Waals surface area contributed by atoms with Gasteiger partial charge in [-0.1, -0.05) is 0 Å². The molecule has 1 fully saturated rings. The van der Waals surface area contributed by atoms with Crippen LogP contribution in [0.2, 0.25) is 0 Å². The topological polar surface area (TPSA) is 84.9 Å². The van der Waals surface area contributed by atoms with Crippen LogP contribution in [0.4, 0.5) is 5.69 Å². The number of sulfonamides is 1.